The molecule has 9 heteroatoms. The van der Waals surface area contributed by atoms with E-state index in [0.29, 0.717) is 11.3 Å². The summed E-state index contributed by atoms with van der Waals surface area (Å²) in [6.45, 7) is 0.0424. The normalized spacial score (nSPS) is 16.4. The van der Waals surface area contributed by atoms with Crippen LogP contribution in [-0.4, -0.2) is 43.6 Å². The minimum absolute atomic E-state index is 0.0424. The first-order valence-corrected chi connectivity index (χ1v) is 8.67. The highest BCUT2D eigenvalue weighted by Gasteiger charge is 2.39. The van der Waals surface area contributed by atoms with Gasteiger partial charge in [0, 0.05) is 5.69 Å². The molecule has 2 aromatic rings. The smallest absolute Gasteiger partial charge is 0.335 e. The average Bonchev–Trinajstić information content (AvgIpc) is 2.90. The third-order valence-corrected chi connectivity index (χ3v) is 4.88. The molecule has 3 N–H and O–H groups in total. The van der Waals surface area contributed by atoms with Crippen LogP contribution in [0.15, 0.2) is 48.5 Å². The number of carboxylic acid groups (broad SMARTS) is 2. The summed E-state index contributed by atoms with van der Waals surface area (Å²) in [7, 11) is 0. The summed E-state index contributed by atoms with van der Waals surface area (Å²) in [6.07, 6.45) is 0. The Bertz CT molecular complexity index is 910. The van der Waals surface area contributed by atoms with Crippen LogP contribution >= 0.6 is 11.8 Å². The van der Waals surface area contributed by atoms with Crippen LogP contribution in [0.5, 0.6) is 0 Å². The molecule has 0 radical (unpaired) electrons. The monoisotopic (exact) mass is 386 g/mol. The molecular formula is C18H14N2O6S. The van der Waals surface area contributed by atoms with Crippen molar-refractivity contribution in [3.63, 3.8) is 0 Å². The number of hydrogen-bond donors (Lipinski definition) is 3. The van der Waals surface area contributed by atoms with Crippen molar-refractivity contribution in [3.8, 4) is 0 Å². The third-order valence-electron chi connectivity index (χ3n) is 3.90. The number of rotatable bonds is 6. The van der Waals surface area contributed by atoms with Crippen LogP contribution in [0, 0.1) is 0 Å². The summed E-state index contributed by atoms with van der Waals surface area (Å²) < 4.78 is 0. The Kier molecular flexibility index (Phi) is 5.13. The number of carboxylic acids is 2. The average molecular weight is 386 g/mol. The van der Waals surface area contributed by atoms with Gasteiger partial charge >= 0.3 is 11.9 Å². The number of aromatic carboxylic acids is 2. The number of hydrogen-bond acceptors (Lipinski definition) is 6. The molecule has 0 saturated carbocycles. The Morgan fingerprint density at radius 2 is 1.44 bits per heavy atom. The lowest BCUT2D eigenvalue weighted by Crippen LogP contribution is -2.33. The molecule has 138 valence electrons. The zero-order valence-electron chi connectivity index (χ0n) is 13.8. The lowest BCUT2D eigenvalue weighted by atomic mass is 10.1. The van der Waals surface area contributed by atoms with Gasteiger partial charge in [0.1, 0.15) is 0 Å². The molecule has 1 fully saturated rings. The predicted octanol–water partition coefficient (Wildman–Crippen LogP) is 2.72. The number of thioether (sulfide) groups is 1. The Balaban J connectivity index is 1.67. The molecule has 0 bridgehead atoms. The molecule has 1 heterocycles. The van der Waals surface area contributed by atoms with Gasteiger partial charge in [0.2, 0.25) is 0 Å². The van der Waals surface area contributed by atoms with E-state index < -0.39 is 28.5 Å². The maximum absolute atomic E-state index is 12.5. The maximum atomic E-state index is 12.5. The van der Waals surface area contributed by atoms with Gasteiger partial charge in [-0.25, -0.2) is 9.59 Å². The van der Waals surface area contributed by atoms with Crippen molar-refractivity contribution in [2.75, 3.05) is 5.32 Å². The van der Waals surface area contributed by atoms with Crippen molar-refractivity contribution in [1.29, 1.82) is 0 Å². The van der Waals surface area contributed by atoms with Gasteiger partial charge in [-0.1, -0.05) is 12.1 Å². The largest absolute Gasteiger partial charge is 0.478 e. The minimum Gasteiger partial charge on any atom is -0.478 e. The predicted molar refractivity (Wildman–Crippen MR) is 97.8 cm³/mol. The molecule has 1 unspecified atom stereocenters. The lowest BCUT2D eigenvalue weighted by Gasteiger charge is -2.15. The summed E-state index contributed by atoms with van der Waals surface area (Å²) in [5.41, 5.74) is 1.39. The highest BCUT2D eigenvalue weighted by molar-refractivity contribution is 8.15. The van der Waals surface area contributed by atoms with Gasteiger partial charge in [0.25, 0.3) is 11.1 Å². The first kappa shape index (κ1) is 18.5. The zero-order valence-corrected chi connectivity index (χ0v) is 14.6. The number of benzene rings is 2. The Labute approximate surface area is 157 Å². The van der Waals surface area contributed by atoms with Gasteiger partial charge in [-0.2, -0.15) is 0 Å². The number of carbonyl (C=O) groups is 4. The van der Waals surface area contributed by atoms with E-state index in [9.17, 15) is 19.2 Å². The van der Waals surface area contributed by atoms with Gasteiger partial charge in [-0.15, -0.1) is 0 Å². The fourth-order valence-electron chi connectivity index (χ4n) is 2.48. The van der Waals surface area contributed by atoms with Crippen LogP contribution in [0.2, 0.25) is 0 Å². The number of amides is 2. The second-order valence-corrected chi connectivity index (χ2v) is 6.77. The Hall–Kier alpha value is -3.33. The van der Waals surface area contributed by atoms with E-state index in [2.05, 4.69) is 5.32 Å². The fourth-order valence-corrected chi connectivity index (χ4v) is 3.38. The topological polar surface area (TPSA) is 124 Å². The summed E-state index contributed by atoms with van der Waals surface area (Å²) >= 11 is 0.830. The van der Waals surface area contributed by atoms with Crippen LogP contribution < -0.4 is 5.32 Å². The summed E-state index contributed by atoms with van der Waals surface area (Å²) in [6, 6.07) is 11.8. The van der Waals surface area contributed by atoms with E-state index in [0.717, 1.165) is 16.7 Å². The van der Waals surface area contributed by atoms with Gasteiger partial charge in [-0.3, -0.25) is 14.5 Å². The standard InChI is InChI=1S/C18H14N2O6S/c21-15-14(19-13-7-5-12(6-8-13)17(24)25)27-18(26)20(15)9-10-1-3-11(4-2-10)16(22)23/h1-8,14,19H,9H2,(H,22,23)(H,24,25). The molecule has 1 aliphatic heterocycles. The number of anilines is 1. The quantitative estimate of drug-likeness (QED) is 0.692. The first-order valence-electron chi connectivity index (χ1n) is 7.79. The van der Waals surface area contributed by atoms with Crippen LogP contribution in [0.1, 0.15) is 26.3 Å². The molecule has 1 aliphatic rings. The molecule has 2 amide bonds. The first-order chi connectivity index (χ1) is 12.8. The molecule has 2 aromatic carbocycles. The summed E-state index contributed by atoms with van der Waals surface area (Å²) in [5, 5.41) is 19.5. The molecule has 3 rings (SSSR count). The lowest BCUT2D eigenvalue weighted by molar-refractivity contribution is -0.126. The van der Waals surface area contributed by atoms with Crippen LogP contribution in [0.3, 0.4) is 0 Å². The second kappa shape index (κ2) is 7.50. The second-order valence-electron chi connectivity index (χ2n) is 5.72. The van der Waals surface area contributed by atoms with Crippen LogP contribution in [0.25, 0.3) is 0 Å². The number of nitrogens with zero attached hydrogens (tertiary/aromatic N) is 1. The van der Waals surface area contributed by atoms with E-state index in [1.54, 1.807) is 12.1 Å². The van der Waals surface area contributed by atoms with E-state index in [-0.39, 0.29) is 17.7 Å². The summed E-state index contributed by atoms with van der Waals surface area (Å²) in [4.78, 5) is 47.5. The molecular weight excluding hydrogens is 372 g/mol. The van der Waals surface area contributed by atoms with Crippen LogP contribution in [0.4, 0.5) is 10.5 Å². The van der Waals surface area contributed by atoms with Crippen LogP contribution in [-0.2, 0) is 11.3 Å². The van der Waals surface area contributed by atoms with Gasteiger partial charge in [0.15, 0.2) is 5.37 Å². The SMILES string of the molecule is O=C(O)c1ccc(CN2C(=O)SC(Nc3ccc(C(=O)O)cc3)C2=O)cc1. The van der Waals surface area contributed by atoms with E-state index in [4.69, 9.17) is 10.2 Å². The van der Waals surface area contributed by atoms with Crippen molar-refractivity contribution in [3.05, 3.63) is 65.2 Å². The van der Waals surface area contributed by atoms with Crippen molar-refractivity contribution >= 4 is 40.5 Å². The van der Waals surface area contributed by atoms with Crippen molar-refractivity contribution in [1.82, 2.24) is 4.90 Å². The van der Waals surface area contributed by atoms with E-state index >= 15 is 0 Å². The fraction of sp³-hybridized carbons (Fsp3) is 0.111. The molecule has 27 heavy (non-hydrogen) atoms. The highest BCUT2D eigenvalue weighted by atomic mass is 32.2. The molecule has 8 nitrogen and oxygen atoms in total. The van der Waals surface area contributed by atoms with Gasteiger partial charge in [0.05, 0.1) is 17.7 Å². The molecule has 0 aliphatic carbocycles. The Morgan fingerprint density at radius 3 is 1.96 bits per heavy atom. The molecule has 0 aromatic heterocycles. The number of imide groups is 1. The molecule has 1 atom stereocenters. The molecule has 1 saturated heterocycles. The number of carbonyl (C=O) groups excluding carboxylic acids is 2. The van der Waals surface area contributed by atoms with Crippen molar-refractivity contribution in [2.24, 2.45) is 0 Å². The van der Waals surface area contributed by atoms with Gasteiger partial charge < -0.3 is 15.5 Å². The van der Waals surface area contributed by atoms with Crippen molar-refractivity contribution in [2.45, 2.75) is 11.9 Å². The highest BCUT2D eigenvalue weighted by Crippen LogP contribution is 2.29. The van der Waals surface area contributed by atoms with E-state index in [1.807, 2.05) is 0 Å². The Morgan fingerprint density at radius 1 is 0.926 bits per heavy atom. The zero-order chi connectivity index (χ0) is 19.6. The minimum atomic E-state index is -1.05. The third kappa shape index (κ3) is 4.09. The van der Waals surface area contributed by atoms with Crippen molar-refractivity contribution < 1.29 is 29.4 Å². The maximum Gasteiger partial charge on any atom is 0.335 e. The molecule has 0 spiro atoms. The summed E-state index contributed by atoms with van der Waals surface area (Å²) in [5.74, 6) is -2.53. The van der Waals surface area contributed by atoms with Gasteiger partial charge in [-0.05, 0) is 53.7 Å². The number of nitrogens with one attached hydrogen (secondary N) is 1. The van der Waals surface area contributed by atoms with E-state index in [1.165, 1.54) is 36.4 Å².